The Morgan fingerprint density at radius 3 is 2.92 bits per heavy atom. The predicted molar refractivity (Wildman–Crippen MR) is 52.4 cm³/mol. The first-order valence-corrected chi connectivity index (χ1v) is 4.53. The predicted octanol–water partition coefficient (Wildman–Crippen LogP) is 1.92. The molecule has 2 nitrogen and oxygen atoms in total. The van der Waals surface area contributed by atoms with E-state index in [1.54, 1.807) is 6.92 Å². The molecular formula is C9H11NOS. The first-order valence-electron chi connectivity index (χ1n) is 3.71. The first kappa shape index (κ1) is 9.16. The molecule has 0 aliphatic rings. The van der Waals surface area contributed by atoms with Crippen LogP contribution < -0.4 is 5.73 Å². The molecule has 0 aromatic carbocycles. The summed E-state index contributed by atoms with van der Waals surface area (Å²) >= 11 is 1.49. The lowest BCUT2D eigenvalue weighted by molar-refractivity contribution is 0.102. The molecule has 0 radical (unpaired) electrons. The fourth-order valence-corrected chi connectivity index (χ4v) is 1.65. The molecule has 0 atom stereocenters. The van der Waals surface area contributed by atoms with Crippen LogP contribution in [-0.4, -0.2) is 12.3 Å². The van der Waals surface area contributed by atoms with Crippen LogP contribution in [0.25, 0.3) is 6.08 Å². The van der Waals surface area contributed by atoms with Gasteiger partial charge < -0.3 is 5.73 Å². The van der Waals surface area contributed by atoms with Gasteiger partial charge in [-0.2, -0.15) is 0 Å². The summed E-state index contributed by atoms with van der Waals surface area (Å²) in [6.45, 7) is 2.11. The molecule has 12 heavy (non-hydrogen) atoms. The van der Waals surface area contributed by atoms with E-state index in [0.717, 1.165) is 9.75 Å². The number of carbonyl (C=O) groups excluding carboxylic acids is 1. The Balaban J connectivity index is 2.77. The summed E-state index contributed by atoms with van der Waals surface area (Å²) in [7, 11) is 0. The lowest BCUT2D eigenvalue weighted by Gasteiger charge is -1.83. The third kappa shape index (κ3) is 2.29. The van der Waals surface area contributed by atoms with Crippen LogP contribution in [0.15, 0.2) is 18.2 Å². The average Bonchev–Trinajstić information content (AvgIpc) is 2.48. The van der Waals surface area contributed by atoms with Gasteiger partial charge in [-0.25, -0.2) is 0 Å². The lowest BCUT2D eigenvalue weighted by Crippen LogP contribution is -1.91. The van der Waals surface area contributed by atoms with Gasteiger partial charge in [0.1, 0.15) is 0 Å². The Morgan fingerprint density at radius 2 is 2.42 bits per heavy atom. The second-order valence-electron chi connectivity index (χ2n) is 2.40. The van der Waals surface area contributed by atoms with Crippen molar-refractivity contribution in [1.29, 1.82) is 0 Å². The van der Waals surface area contributed by atoms with E-state index >= 15 is 0 Å². The van der Waals surface area contributed by atoms with Gasteiger partial charge in [-0.1, -0.05) is 6.08 Å². The van der Waals surface area contributed by atoms with Crippen molar-refractivity contribution >= 4 is 23.2 Å². The smallest absolute Gasteiger partial charge is 0.169 e. The monoisotopic (exact) mass is 181 g/mol. The van der Waals surface area contributed by atoms with Gasteiger partial charge in [0.15, 0.2) is 5.78 Å². The molecule has 1 aromatic rings. The number of nitrogens with two attached hydrogens (primary N) is 1. The van der Waals surface area contributed by atoms with Crippen LogP contribution in [-0.2, 0) is 0 Å². The minimum absolute atomic E-state index is 0.118. The highest BCUT2D eigenvalue weighted by molar-refractivity contribution is 7.14. The normalized spacial score (nSPS) is 10.8. The highest BCUT2D eigenvalue weighted by Gasteiger charge is 2.00. The second kappa shape index (κ2) is 4.18. The maximum atomic E-state index is 10.9. The van der Waals surface area contributed by atoms with Gasteiger partial charge in [-0.3, -0.25) is 4.79 Å². The van der Waals surface area contributed by atoms with Crippen molar-refractivity contribution < 1.29 is 4.79 Å². The number of hydrogen-bond donors (Lipinski definition) is 1. The largest absolute Gasteiger partial charge is 0.327 e. The summed E-state index contributed by atoms with van der Waals surface area (Å²) in [4.78, 5) is 12.8. The number of hydrogen-bond acceptors (Lipinski definition) is 3. The van der Waals surface area contributed by atoms with Crippen molar-refractivity contribution in [2.75, 3.05) is 6.54 Å². The SMILES string of the molecule is CC(=O)c1ccc(C=CCN)s1. The van der Waals surface area contributed by atoms with Gasteiger partial charge in [0.25, 0.3) is 0 Å². The van der Waals surface area contributed by atoms with Crippen molar-refractivity contribution in [2.24, 2.45) is 5.73 Å². The Bertz CT molecular complexity index is 301. The zero-order valence-electron chi connectivity index (χ0n) is 6.91. The van der Waals surface area contributed by atoms with Crippen LogP contribution in [0.3, 0.4) is 0 Å². The van der Waals surface area contributed by atoms with Crippen molar-refractivity contribution in [2.45, 2.75) is 6.92 Å². The zero-order chi connectivity index (χ0) is 8.97. The highest BCUT2D eigenvalue weighted by atomic mass is 32.1. The summed E-state index contributed by atoms with van der Waals surface area (Å²) in [6, 6.07) is 3.76. The third-order valence-electron chi connectivity index (χ3n) is 1.39. The van der Waals surface area contributed by atoms with Gasteiger partial charge in [0.2, 0.25) is 0 Å². The van der Waals surface area contributed by atoms with Crippen molar-refractivity contribution in [3.05, 3.63) is 28.0 Å². The molecular weight excluding hydrogens is 170 g/mol. The Labute approximate surface area is 75.7 Å². The van der Waals surface area contributed by atoms with Crippen LogP contribution in [0.4, 0.5) is 0 Å². The molecule has 0 aliphatic heterocycles. The van der Waals surface area contributed by atoms with Crippen molar-refractivity contribution in [1.82, 2.24) is 0 Å². The van der Waals surface area contributed by atoms with Crippen LogP contribution >= 0.6 is 11.3 Å². The van der Waals surface area contributed by atoms with E-state index < -0.39 is 0 Å². The number of rotatable bonds is 3. The molecule has 0 spiro atoms. The summed E-state index contributed by atoms with van der Waals surface area (Å²) < 4.78 is 0. The van der Waals surface area contributed by atoms with Crippen LogP contribution in [0.1, 0.15) is 21.5 Å². The molecule has 3 heteroatoms. The topological polar surface area (TPSA) is 43.1 Å². The molecule has 0 unspecified atom stereocenters. The number of ketones is 1. The number of Topliss-reactive ketones (excluding diaryl/α,β-unsaturated/α-hetero) is 1. The molecule has 0 bridgehead atoms. The van der Waals surface area contributed by atoms with E-state index in [-0.39, 0.29) is 5.78 Å². The van der Waals surface area contributed by atoms with Gasteiger partial charge in [0, 0.05) is 11.4 Å². The molecule has 1 heterocycles. The molecule has 0 saturated heterocycles. The Hall–Kier alpha value is -0.930. The second-order valence-corrected chi connectivity index (χ2v) is 3.51. The van der Waals surface area contributed by atoms with E-state index in [2.05, 4.69) is 0 Å². The average molecular weight is 181 g/mol. The first-order chi connectivity index (χ1) is 5.74. The zero-order valence-corrected chi connectivity index (χ0v) is 7.73. The van der Waals surface area contributed by atoms with Gasteiger partial charge in [0.05, 0.1) is 4.88 Å². The Kier molecular flexibility index (Phi) is 3.19. The molecule has 0 amide bonds. The number of carbonyl (C=O) groups is 1. The minimum atomic E-state index is 0.118. The van der Waals surface area contributed by atoms with E-state index in [9.17, 15) is 4.79 Å². The van der Waals surface area contributed by atoms with E-state index in [1.807, 2.05) is 24.3 Å². The standard InChI is InChI=1S/C9H11NOS/c1-7(11)9-5-4-8(12-9)3-2-6-10/h2-5H,6,10H2,1H3. The van der Waals surface area contributed by atoms with E-state index in [4.69, 9.17) is 5.73 Å². The summed E-state index contributed by atoms with van der Waals surface area (Å²) in [5.74, 6) is 0.118. The molecule has 2 N–H and O–H groups in total. The molecule has 0 aliphatic carbocycles. The van der Waals surface area contributed by atoms with E-state index in [0.29, 0.717) is 6.54 Å². The van der Waals surface area contributed by atoms with Crippen LogP contribution in [0.5, 0.6) is 0 Å². The highest BCUT2D eigenvalue weighted by Crippen LogP contribution is 2.17. The maximum absolute atomic E-state index is 10.9. The third-order valence-corrected chi connectivity index (χ3v) is 2.54. The van der Waals surface area contributed by atoms with Gasteiger partial charge in [-0.15, -0.1) is 11.3 Å². The quantitative estimate of drug-likeness (QED) is 0.724. The van der Waals surface area contributed by atoms with Crippen molar-refractivity contribution in [3.8, 4) is 0 Å². The molecule has 1 rings (SSSR count). The van der Waals surface area contributed by atoms with Crippen molar-refractivity contribution in [3.63, 3.8) is 0 Å². The summed E-state index contributed by atoms with van der Waals surface area (Å²) in [6.07, 6.45) is 3.80. The molecule has 0 fully saturated rings. The van der Waals surface area contributed by atoms with Gasteiger partial charge in [-0.05, 0) is 25.1 Å². The summed E-state index contributed by atoms with van der Waals surface area (Å²) in [5, 5.41) is 0. The minimum Gasteiger partial charge on any atom is -0.327 e. The maximum Gasteiger partial charge on any atom is 0.169 e. The van der Waals surface area contributed by atoms with Crippen LogP contribution in [0.2, 0.25) is 0 Å². The Morgan fingerprint density at radius 1 is 1.67 bits per heavy atom. The molecule has 64 valence electrons. The van der Waals surface area contributed by atoms with Gasteiger partial charge >= 0.3 is 0 Å². The lowest BCUT2D eigenvalue weighted by atomic mass is 10.3. The fourth-order valence-electron chi connectivity index (χ4n) is 0.816. The summed E-state index contributed by atoms with van der Waals surface area (Å²) in [5.41, 5.74) is 5.29. The molecule has 1 aromatic heterocycles. The molecule has 0 saturated carbocycles. The number of thiophene rings is 1. The fraction of sp³-hybridized carbons (Fsp3) is 0.222. The van der Waals surface area contributed by atoms with E-state index in [1.165, 1.54) is 11.3 Å². The van der Waals surface area contributed by atoms with Crippen LogP contribution in [0, 0.1) is 0 Å².